The van der Waals surface area contributed by atoms with E-state index in [2.05, 4.69) is 6.92 Å². The first kappa shape index (κ1) is 13.8. The van der Waals surface area contributed by atoms with Crippen LogP contribution in [0.3, 0.4) is 0 Å². The van der Waals surface area contributed by atoms with Gasteiger partial charge in [0.05, 0.1) is 5.56 Å². The molecule has 2 atom stereocenters. The topological polar surface area (TPSA) is 66.6 Å². The van der Waals surface area contributed by atoms with Crippen molar-refractivity contribution < 1.29 is 14.3 Å². The second-order valence-electron chi connectivity index (χ2n) is 5.18. The lowest BCUT2D eigenvalue weighted by molar-refractivity contribution is 0.0569. The Morgan fingerprint density at radius 3 is 2.95 bits per heavy atom. The summed E-state index contributed by atoms with van der Waals surface area (Å²) in [5.41, 5.74) is 5.70. The largest absolute Gasteiger partial charge is 0.508 e. The molecule has 0 aliphatic carbocycles. The van der Waals surface area contributed by atoms with Crippen molar-refractivity contribution in [2.24, 2.45) is 11.7 Å². The van der Waals surface area contributed by atoms with Crippen LogP contribution in [-0.4, -0.2) is 35.0 Å². The van der Waals surface area contributed by atoms with E-state index in [1.165, 1.54) is 12.1 Å². The van der Waals surface area contributed by atoms with Gasteiger partial charge in [0.15, 0.2) is 0 Å². The Labute approximate surface area is 112 Å². The Morgan fingerprint density at radius 2 is 2.32 bits per heavy atom. The lowest BCUT2D eigenvalue weighted by atomic mass is 9.92. The average Bonchev–Trinajstić information content (AvgIpc) is 2.37. The summed E-state index contributed by atoms with van der Waals surface area (Å²) in [7, 11) is 0. The van der Waals surface area contributed by atoms with Crippen LogP contribution in [0.1, 0.15) is 30.1 Å². The molecule has 104 valence electrons. The van der Waals surface area contributed by atoms with E-state index >= 15 is 0 Å². The lowest BCUT2D eigenvalue weighted by Gasteiger charge is -2.38. The van der Waals surface area contributed by atoms with Crippen LogP contribution in [0.2, 0.25) is 0 Å². The minimum Gasteiger partial charge on any atom is -0.508 e. The average molecular weight is 266 g/mol. The number of piperidine rings is 1. The van der Waals surface area contributed by atoms with Crippen molar-refractivity contribution in [2.45, 2.75) is 25.8 Å². The molecule has 19 heavy (non-hydrogen) atoms. The summed E-state index contributed by atoms with van der Waals surface area (Å²) in [4.78, 5) is 14.0. The molecule has 2 unspecified atom stereocenters. The molecule has 1 heterocycles. The molecular formula is C14H19FN2O2. The minimum absolute atomic E-state index is 0.00852. The van der Waals surface area contributed by atoms with Crippen molar-refractivity contribution in [3.8, 4) is 5.75 Å². The summed E-state index contributed by atoms with van der Waals surface area (Å²) < 4.78 is 13.7. The number of rotatable bonds is 2. The Hall–Kier alpha value is -1.62. The zero-order valence-corrected chi connectivity index (χ0v) is 11.0. The number of hydrogen-bond donors (Lipinski definition) is 2. The van der Waals surface area contributed by atoms with Crippen molar-refractivity contribution in [3.63, 3.8) is 0 Å². The summed E-state index contributed by atoms with van der Waals surface area (Å²) in [6, 6.07) is 3.56. The van der Waals surface area contributed by atoms with Crippen molar-refractivity contribution >= 4 is 5.91 Å². The first-order valence-electron chi connectivity index (χ1n) is 6.52. The summed E-state index contributed by atoms with van der Waals surface area (Å²) in [5, 5.41) is 9.18. The Morgan fingerprint density at radius 1 is 1.58 bits per heavy atom. The van der Waals surface area contributed by atoms with E-state index in [-0.39, 0.29) is 23.3 Å². The van der Waals surface area contributed by atoms with Crippen LogP contribution in [-0.2, 0) is 0 Å². The monoisotopic (exact) mass is 266 g/mol. The number of carbonyl (C=O) groups is 1. The van der Waals surface area contributed by atoms with Gasteiger partial charge >= 0.3 is 0 Å². The number of benzene rings is 1. The maximum atomic E-state index is 13.7. The highest BCUT2D eigenvalue weighted by Gasteiger charge is 2.30. The molecule has 0 aromatic heterocycles. The SMILES string of the molecule is CC1CCN(C(=O)c2ccc(O)cc2F)C(CN)C1. The molecule has 1 saturated heterocycles. The maximum Gasteiger partial charge on any atom is 0.257 e. The van der Waals surface area contributed by atoms with Crippen LogP contribution >= 0.6 is 0 Å². The van der Waals surface area contributed by atoms with Gasteiger partial charge in [0.25, 0.3) is 5.91 Å². The quantitative estimate of drug-likeness (QED) is 0.856. The third-order valence-electron chi connectivity index (χ3n) is 3.69. The van der Waals surface area contributed by atoms with Gasteiger partial charge in [0.1, 0.15) is 11.6 Å². The standard InChI is InChI=1S/C14H19FN2O2/c1-9-4-5-17(10(6-9)8-16)14(19)12-3-2-11(18)7-13(12)15/h2-3,7,9-10,18H,4-6,8,16H2,1H3. The molecular weight excluding hydrogens is 247 g/mol. The van der Waals surface area contributed by atoms with E-state index in [4.69, 9.17) is 5.73 Å². The number of nitrogens with zero attached hydrogens (tertiary/aromatic N) is 1. The van der Waals surface area contributed by atoms with Crippen LogP contribution in [0.4, 0.5) is 4.39 Å². The van der Waals surface area contributed by atoms with Gasteiger partial charge in [0.2, 0.25) is 0 Å². The zero-order valence-electron chi connectivity index (χ0n) is 11.0. The molecule has 1 amide bonds. The molecule has 2 rings (SSSR count). The van der Waals surface area contributed by atoms with E-state index in [0.29, 0.717) is 19.0 Å². The molecule has 1 fully saturated rings. The molecule has 0 radical (unpaired) electrons. The number of phenols is 1. The van der Waals surface area contributed by atoms with Gasteiger partial charge < -0.3 is 15.7 Å². The van der Waals surface area contributed by atoms with E-state index in [0.717, 1.165) is 18.9 Å². The van der Waals surface area contributed by atoms with Crippen LogP contribution in [0.5, 0.6) is 5.75 Å². The highest BCUT2D eigenvalue weighted by Crippen LogP contribution is 2.25. The molecule has 0 saturated carbocycles. The molecule has 1 aliphatic rings. The summed E-state index contributed by atoms with van der Waals surface area (Å²) in [6.07, 6.45) is 1.75. The number of carbonyl (C=O) groups excluding carboxylic acids is 1. The van der Waals surface area contributed by atoms with Gasteiger partial charge in [-0.05, 0) is 30.9 Å². The normalized spacial score (nSPS) is 23.4. The number of aromatic hydroxyl groups is 1. The van der Waals surface area contributed by atoms with E-state index in [1.54, 1.807) is 4.90 Å². The van der Waals surface area contributed by atoms with Crippen molar-refractivity contribution in [3.05, 3.63) is 29.6 Å². The van der Waals surface area contributed by atoms with Gasteiger partial charge in [-0.2, -0.15) is 0 Å². The molecule has 0 spiro atoms. The predicted molar refractivity (Wildman–Crippen MR) is 70.3 cm³/mol. The number of hydrogen-bond acceptors (Lipinski definition) is 3. The fourth-order valence-electron chi connectivity index (χ4n) is 2.57. The highest BCUT2D eigenvalue weighted by atomic mass is 19.1. The van der Waals surface area contributed by atoms with Crippen LogP contribution in [0, 0.1) is 11.7 Å². The fourth-order valence-corrected chi connectivity index (χ4v) is 2.57. The predicted octanol–water partition coefficient (Wildman–Crippen LogP) is 1.73. The second-order valence-corrected chi connectivity index (χ2v) is 5.18. The lowest BCUT2D eigenvalue weighted by Crippen LogP contribution is -2.49. The zero-order chi connectivity index (χ0) is 14.0. The number of halogens is 1. The van der Waals surface area contributed by atoms with Gasteiger partial charge in [0, 0.05) is 25.2 Å². The Bertz CT molecular complexity index is 479. The van der Waals surface area contributed by atoms with Gasteiger partial charge in [-0.15, -0.1) is 0 Å². The molecule has 1 aromatic carbocycles. The van der Waals surface area contributed by atoms with Crippen LogP contribution in [0.25, 0.3) is 0 Å². The number of likely N-dealkylation sites (tertiary alicyclic amines) is 1. The first-order chi connectivity index (χ1) is 9.02. The van der Waals surface area contributed by atoms with E-state index in [1.807, 2.05) is 0 Å². The van der Waals surface area contributed by atoms with Crippen LogP contribution < -0.4 is 5.73 Å². The molecule has 1 aliphatic heterocycles. The van der Waals surface area contributed by atoms with Crippen molar-refractivity contribution in [1.29, 1.82) is 0 Å². The number of amides is 1. The second kappa shape index (κ2) is 5.57. The third kappa shape index (κ3) is 2.87. The van der Waals surface area contributed by atoms with E-state index in [9.17, 15) is 14.3 Å². The smallest absolute Gasteiger partial charge is 0.257 e. The summed E-state index contributed by atoms with van der Waals surface area (Å²) >= 11 is 0. The van der Waals surface area contributed by atoms with Gasteiger partial charge in [-0.3, -0.25) is 4.79 Å². The first-order valence-corrected chi connectivity index (χ1v) is 6.52. The molecule has 3 N–H and O–H groups in total. The number of nitrogens with two attached hydrogens (primary N) is 1. The molecule has 1 aromatic rings. The van der Waals surface area contributed by atoms with Crippen molar-refractivity contribution in [1.82, 2.24) is 4.90 Å². The number of phenolic OH excluding ortho intramolecular Hbond substituents is 1. The van der Waals surface area contributed by atoms with Crippen LogP contribution in [0.15, 0.2) is 18.2 Å². The van der Waals surface area contributed by atoms with Crippen molar-refractivity contribution in [2.75, 3.05) is 13.1 Å². The molecule has 4 nitrogen and oxygen atoms in total. The molecule has 0 bridgehead atoms. The Balaban J connectivity index is 2.22. The summed E-state index contributed by atoms with van der Waals surface area (Å²) in [6.45, 7) is 3.11. The van der Waals surface area contributed by atoms with Gasteiger partial charge in [-0.25, -0.2) is 4.39 Å². The summed E-state index contributed by atoms with van der Waals surface area (Å²) in [5.74, 6) is -0.696. The van der Waals surface area contributed by atoms with E-state index < -0.39 is 5.82 Å². The highest BCUT2D eigenvalue weighted by molar-refractivity contribution is 5.95. The minimum atomic E-state index is -0.695. The fraction of sp³-hybridized carbons (Fsp3) is 0.500. The van der Waals surface area contributed by atoms with Gasteiger partial charge in [-0.1, -0.05) is 6.92 Å². The maximum absolute atomic E-state index is 13.7. The third-order valence-corrected chi connectivity index (χ3v) is 3.69. The molecule has 5 heteroatoms. The Kier molecular flexibility index (Phi) is 4.04.